The van der Waals surface area contributed by atoms with Crippen LogP contribution in [0.3, 0.4) is 0 Å². The monoisotopic (exact) mass is 322 g/mol. The minimum absolute atomic E-state index is 0.289. The van der Waals surface area contributed by atoms with Crippen molar-refractivity contribution in [1.29, 1.82) is 0 Å². The number of hydrogen-bond donors (Lipinski definition) is 3. The van der Waals surface area contributed by atoms with Gasteiger partial charge in [0.15, 0.2) is 0 Å². The number of rotatable bonds is 0. The summed E-state index contributed by atoms with van der Waals surface area (Å²) >= 11 is 0. The number of nitrogens with one attached hydrogen (secondary N) is 3. The lowest BCUT2D eigenvalue weighted by atomic mass is 10.1. The fourth-order valence-corrected chi connectivity index (χ4v) is 4.49. The molecule has 5 unspecified atom stereocenters. The summed E-state index contributed by atoms with van der Waals surface area (Å²) in [7, 11) is 0. The summed E-state index contributed by atoms with van der Waals surface area (Å²) in [6.07, 6.45) is 20.8. The minimum Gasteiger partial charge on any atom is -0.381 e. The zero-order valence-electron chi connectivity index (χ0n) is 14.0. The fraction of sp³-hybridized carbons (Fsp3) is 0.550. The molecule has 5 rings (SSSR count). The van der Waals surface area contributed by atoms with E-state index in [0.717, 1.165) is 25.7 Å². The highest BCUT2D eigenvalue weighted by Gasteiger charge is 2.29. The molecular formula is C20H26N4. The van der Waals surface area contributed by atoms with Gasteiger partial charge >= 0.3 is 0 Å². The number of aliphatic imine (C=N–C) groups is 1. The van der Waals surface area contributed by atoms with Gasteiger partial charge in [-0.3, -0.25) is 4.99 Å². The van der Waals surface area contributed by atoms with Crippen LogP contribution in [0.15, 0.2) is 52.8 Å². The molecule has 0 saturated heterocycles. The lowest BCUT2D eigenvalue weighted by Gasteiger charge is -2.21. The molecule has 5 aliphatic heterocycles. The molecule has 0 radical (unpaired) electrons. The second-order valence-electron chi connectivity index (χ2n) is 7.66. The number of fused-ring (bicyclic) bond motifs is 9. The largest absolute Gasteiger partial charge is 0.381 e. The van der Waals surface area contributed by atoms with Gasteiger partial charge in [0, 0.05) is 23.8 Å². The first-order valence-corrected chi connectivity index (χ1v) is 9.46. The van der Waals surface area contributed by atoms with Crippen molar-refractivity contribution in [3.05, 3.63) is 47.9 Å². The predicted octanol–water partition coefficient (Wildman–Crippen LogP) is 2.33. The number of nitrogens with zero attached hydrogens (tertiary/aromatic N) is 1. The summed E-state index contributed by atoms with van der Waals surface area (Å²) in [5.41, 5.74) is 3.90. The van der Waals surface area contributed by atoms with Crippen molar-refractivity contribution in [3.8, 4) is 0 Å². The third-order valence-electron chi connectivity index (χ3n) is 5.92. The van der Waals surface area contributed by atoms with E-state index in [2.05, 4.69) is 52.4 Å². The maximum absolute atomic E-state index is 4.94. The van der Waals surface area contributed by atoms with Crippen LogP contribution in [0.25, 0.3) is 0 Å². The molecule has 0 spiro atoms. The summed E-state index contributed by atoms with van der Waals surface area (Å²) in [5.74, 6) is 0. The van der Waals surface area contributed by atoms with Gasteiger partial charge in [-0.25, -0.2) is 0 Å². The molecule has 0 fully saturated rings. The Hall–Kier alpha value is -1.81. The minimum atomic E-state index is 0.289. The van der Waals surface area contributed by atoms with Crippen LogP contribution in [-0.4, -0.2) is 35.9 Å². The van der Waals surface area contributed by atoms with Crippen LogP contribution in [0.1, 0.15) is 38.5 Å². The molecule has 0 amide bonds. The Labute approximate surface area is 143 Å². The lowest BCUT2D eigenvalue weighted by molar-refractivity contribution is 0.461. The standard InChI is InChI=1S/C20H26N4/c1-2-14-6-10-19(22-14)20-12-8-16(24-20)4-3-15-7-11-18(23-15)17-9-5-13(1)21-17/h5,7,9-14,16-18,21-22,24H,1-4,6,8H2. The Morgan fingerprint density at radius 3 is 2.50 bits per heavy atom. The van der Waals surface area contributed by atoms with Gasteiger partial charge in [-0.05, 0) is 44.6 Å². The van der Waals surface area contributed by atoms with Crippen molar-refractivity contribution in [2.75, 3.05) is 0 Å². The van der Waals surface area contributed by atoms with Crippen molar-refractivity contribution in [2.24, 2.45) is 4.99 Å². The summed E-state index contributed by atoms with van der Waals surface area (Å²) < 4.78 is 0. The van der Waals surface area contributed by atoms with E-state index in [-0.39, 0.29) is 6.04 Å². The quantitative estimate of drug-likeness (QED) is 0.600. The molecule has 0 aromatic heterocycles. The molecular weight excluding hydrogens is 296 g/mol. The molecule has 4 heteroatoms. The number of allylic oxidation sites excluding steroid dienone is 1. The average molecular weight is 322 g/mol. The second kappa shape index (κ2) is 5.92. The van der Waals surface area contributed by atoms with Crippen LogP contribution < -0.4 is 16.0 Å². The molecule has 5 aliphatic rings. The van der Waals surface area contributed by atoms with Crippen molar-refractivity contribution >= 4 is 5.71 Å². The van der Waals surface area contributed by atoms with Crippen LogP contribution in [0.4, 0.5) is 0 Å². The molecule has 5 heterocycles. The van der Waals surface area contributed by atoms with Crippen molar-refractivity contribution < 1.29 is 0 Å². The Morgan fingerprint density at radius 2 is 1.67 bits per heavy atom. The van der Waals surface area contributed by atoms with Crippen LogP contribution >= 0.6 is 0 Å². The molecule has 0 aliphatic carbocycles. The molecule has 5 atom stereocenters. The topological polar surface area (TPSA) is 48.5 Å². The fourth-order valence-electron chi connectivity index (χ4n) is 4.49. The Balaban J connectivity index is 1.34. The van der Waals surface area contributed by atoms with Crippen molar-refractivity contribution in [2.45, 2.75) is 68.7 Å². The molecule has 0 saturated carbocycles. The highest BCUT2D eigenvalue weighted by atomic mass is 15.1. The maximum Gasteiger partial charge on any atom is 0.0875 e. The number of hydrogen-bond acceptors (Lipinski definition) is 4. The highest BCUT2D eigenvalue weighted by molar-refractivity contribution is 5.97. The van der Waals surface area contributed by atoms with E-state index in [1.807, 2.05) is 0 Å². The third-order valence-corrected chi connectivity index (χ3v) is 5.92. The van der Waals surface area contributed by atoms with E-state index >= 15 is 0 Å². The SMILES string of the molecule is C1=CC2N=C1CCC1CC=C(N1)C1=CCC(CCC3C=CC2N3)N1. The van der Waals surface area contributed by atoms with E-state index in [1.54, 1.807) is 0 Å². The van der Waals surface area contributed by atoms with E-state index < -0.39 is 0 Å². The summed E-state index contributed by atoms with van der Waals surface area (Å²) in [6, 6.07) is 2.30. The van der Waals surface area contributed by atoms with Crippen LogP contribution in [0, 0.1) is 0 Å². The van der Waals surface area contributed by atoms with E-state index in [0.29, 0.717) is 24.2 Å². The molecule has 126 valence electrons. The van der Waals surface area contributed by atoms with Crippen molar-refractivity contribution in [3.63, 3.8) is 0 Å². The van der Waals surface area contributed by atoms with Gasteiger partial charge in [-0.15, -0.1) is 0 Å². The van der Waals surface area contributed by atoms with Gasteiger partial charge in [0.25, 0.3) is 0 Å². The average Bonchev–Trinajstić information content (AvgIpc) is 3.37. The van der Waals surface area contributed by atoms with E-state index in [4.69, 9.17) is 4.99 Å². The van der Waals surface area contributed by atoms with Crippen molar-refractivity contribution in [1.82, 2.24) is 16.0 Å². The first-order chi connectivity index (χ1) is 11.8. The predicted molar refractivity (Wildman–Crippen MR) is 97.9 cm³/mol. The highest BCUT2D eigenvalue weighted by Crippen LogP contribution is 2.26. The Bertz CT molecular complexity index is 669. The zero-order chi connectivity index (χ0) is 15.9. The van der Waals surface area contributed by atoms with Gasteiger partial charge in [-0.1, -0.05) is 30.4 Å². The van der Waals surface area contributed by atoms with Crippen LogP contribution in [0.5, 0.6) is 0 Å². The first kappa shape index (κ1) is 14.5. The smallest absolute Gasteiger partial charge is 0.0875 e. The second-order valence-corrected chi connectivity index (χ2v) is 7.66. The summed E-state index contributed by atoms with van der Waals surface area (Å²) in [5, 5.41) is 11.2. The van der Waals surface area contributed by atoms with Gasteiger partial charge in [0.2, 0.25) is 0 Å². The van der Waals surface area contributed by atoms with Crippen LogP contribution in [0.2, 0.25) is 0 Å². The first-order valence-electron chi connectivity index (χ1n) is 9.46. The Morgan fingerprint density at radius 1 is 0.875 bits per heavy atom. The van der Waals surface area contributed by atoms with Gasteiger partial charge in [0.05, 0.1) is 23.5 Å². The molecule has 24 heavy (non-hydrogen) atoms. The molecule has 4 nitrogen and oxygen atoms in total. The molecule has 0 aromatic carbocycles. The maximum atomic E-state index is 4.94. The van der Waals surface area contributed by atoms with Gasteiger partial charge < -0.3 is 16.0 Å². The van der Waals surface area contributed by atoms with E-state index in [9.17, 15) is 0 Å². The summed E-state index contributed by atoms with van der Waals surface area (Å²) in [6.45, 7) is 0. The van der Waals surface area contributed by atoms with Gasteiger partial charge in [-0.2, -0.15) is 0 Å². The molecule has 3 N–H and O–H groups in total. The molecule has 8 bridgehead atoms. The summed E-state index contributed by atoms with van der Waals surface area (Å²) in [4.78, 5) is 4.94. The third kappa shape index (κ3) is 2.73. The Kier molecular flexibility index (Phi) is 3.58. The normalized spacial score (nSPS) is 40.0. The molecule has 0 aromatic rings. The van der Waals surface area contributed by atoms with E-state index in [1.165, 1.54) is 29.9 Å². The van der Waals surface area contributed by atoms with Gasteiger partial charge in [0.1, 0.15) is 0 Å². The van der Waals surface area contributed by atoms with Crippen LogP contribution in [-0.2, 0) is 0 Å². The zero-order valence-corrected chi connectivity index (χ0v) is 14.0. The lowest BCUT2D eigenvalue weighted by Crippen LogP contribution is -2.38.